The molecule has 0 saturated heterocycles. The first kappa shape index (κ1) is 17.6. The molecule has 0 aliphatic heterocycles. The van der Waals surface area contributed by atoms with E-state index in [0.29, 0.717) is 0 Å². The van der Waals surface area contributed by atoms with E-state index in [9.17, 15) is 9.59 Å². The van der Waals surface area contributed by atoms with Gasteiger partial charge in [0.1, 0.15) is 0 Å². The van der Waals surface area contributed by atoms with Gasteiger partial charge >= 0.3 is 27.3 Å². The van der Waals surface area contributed by atoms with Crippen molar-refractivity contribution in [1.82, 2.24) is 0 Å². The zero-order chi connectivity index (χ0) is 9.98. The van der Waals surface area contributed by atoms with Crippen molar-refractivity contribution in [2.75, 3.05) is 0 Å². The van der Waals surface area contributed by atoms with Gasteiger partial charge in [-0.25, -0.2) is 0 Å². The predicted octanol–water partition coefficient (Wildman–Crippen LogP) is -1.51. The number of carbonyl (C=O) groups is 2. The molecule has 0 heterocycles. The maximum atomic E-state index is 9.23. The third-order valence-electron chi connectivity index (χ3n) is 0.291. The van der Waals surface area contributed by atoms with Crippen LogP contribution < -0.4 is 0 Å². The first-order valence-corrected chi connectivity index (χ1v) is 2.20. The standard InChI is InChI=1S/2C2HN2O2.Cd/c2*3-4-1-2(5)6;/h2*(H,5,6);/q2*-1;+2. The van der Waals surface area contributed by atoms with E-state index in [0.717, 1.165) is 0 Å². The summed E-state index contributed by atoms with van der Waals surface area (Å²) in [4.78, 5) is 22.6. The Morgan fingerprint density at radius 1 is 1.00 bits per heavy atom. The van der Waals surface area contributed by atoms with Crippen molar-refractivity contribution in [3.63, 3.8) is 0 Å². The van der Waals surface area contributed by atoms with Crippen LogP contribution in [-0.4, -0.2) is 44.2 Å². The van der Waals surface area contributed by atoms with E-state index in [1.807, 2.05) is 0 Å². The fraction of sp³-hybridized carbons (Fsp3) is 0. The maximum Gasteiger partial charge on any atom is 2.00 e. The minimum atomic E-state index is -1.38. The van der Waals surface area contributed by atoms with Crippen molar-refractivity contribution in [2.24, 2.45) is 0 Å². The van der Waals surface area contributed by atoms with E-state index in [2.05, 4.69) is 9.58 Å². The number of carboxylic acid groups (broad SMARTS) is 2. The monoisotopic (exact) mass is 284 g/mol. The summed E-state index contributed by atoms with van der Waals surface area (Å²) in [6, 6.07) is 0. The Hall–Kier alpha value is -1.38. The van der Waals surface area contributed by atoms with Crippen molar-refractivity contribution in [3.8, 4) is 0 Å². The minimum Gasteiger partial charge on any atom is -0.500 e. The van der Waals surface area contributed by atoms with Gasteiger partial charge in [-0.3, -0.25) is 9.59 Å². The number of rotatable bonds is 2. The van der Waals surface area contributed by atoms with Gasteiger partial charge < -0.3 is 30.9 Å². The summed E-state index contributed by atoms with van der Waals surface area (Å²) < 4.78 is 0. The van der Waals surface area contributed by atoms with Crippen LogP contribution in [0.5, 0.6) is 0 Å². The third-order valence-corrected chi connectivity index (χ3v) is 0.291. The fourth-order valence-corrected chi connectivity index (χ4v) is 0.0855. The van der Waals surface area contributed by atoms with Crippen LogP contribution in [0.25, 0.3) is 11.1 Å². The number of aliphatic carboxylic acids is 2. The van der Waals surface area contributed by atoms with Gasteiger partial charge in [0.25, 0.3) is 0 Å². The average molecular weight is 282 g/mol. The number of carboxylic acids is 2. The van der Waals surface area contributed by atoms with Crippen molar-refractivity contribution in [1.29, 1.82) is 0 Å². The van der Waals surface area contributed by atoms with Crippen LogP contribution in [0.3, 0.4) is 0 Å². The largest absolute Gasteiger partial charge is 2.00 e. The Kier molecular flexibility index (Phi) is 17.9. The molecule has 0 unspecified atom stereocenters. The summed E-state index contributed by atoms with van der Waals surface area (Å²) in [6.07, 6.45) is 2.61. The topological polar surface area (TPSA) is 147 Å². The molecule has 0 amide bonds. The Morgan fingerprint density at radius 2 is 1.23 bits per heavy atom. The van der Waals surface area contributed by atoms with Gasteiger partial charge in [-0.15, -0.1) is 0 Å². The normalized spacial score (nSPS) is 5.54. The zero-order valence-electron chi connectivity index (χ0n) is 6.21. The summed E-state index contributed by atoms with van der Waals surface area (Å²) in [7, 11) is 0. The molecule has 64 valence electrons. The molecular formula is C4H2CdN4O4. The maximum absolute atomic E-state index is 9.23. The van der Waals surface area contributed by atoms with E-state index < -0.39 is 11.9 Å². The molecule has 0 atom stereocenters. The fourth-order valence-electron chi connectivity index (χ4n) is 0.0855. The molecule has 0 rings (SSSR count). The second-order valence-electron chi connectivity index (χ2n) is 1.03. The quantitative estimate of drug-likeness (QED) is 0.208. The van der Waals surface area contributed by atoms with E-state index >= 15 is 0 Å². The van der Waals surface area contributed by atoms with Gasteiger partial charge in [-0.1, -0.05) is 0 Å². The van der Waals surface area contributed by atoms with Gasteiger partial charge in [-0.2, -0.15) is 0 Å². The van der Waals surface area contributed by atoms with Crippen molar-refractivity contribution < 1.29 is 56.7 Å². The molecule has 0 aromatic heterocycles. The Labute approximate surface area is 92.2 Å². The molecular weight excluding hydrogens is 280 g/mol. The molecule has 0 aromatic rings. The summed E-state index contributed by atoms with van der Waals surface area (Å²) in [6.45, 7) is 0. The molecule has 0 bridgehead atoms. The first-order chi connectivity index (χ1) is 5.54. The molecule has 8 nitrogen and oxygen atoms in total. The summed E-state index contributed by atoms with van der Waals surface area (Å²) in [5.41, 5.74) is 14.7. The van der Waals surface area contributed by atoms with Crippen molar-refractivity contribution in [3.05, 3.63) is 11.1 Å². The molecule has 0 aromatic carbocycles. The smallest absolute Gasteiger partial charge is 0.500 e. The number of hydrogen-bond acceptors (Lipinski definition) is 2. The third kappa shape index (κ3) is 37.0. The summed E-state index contributed by atoms with van der Waals surface area (Å²) in [5, 5.41) is 15.1. The number of hydrogen-bond donors (Lipinski definition) is 2. The van der Waals surface area contributed by atoms with E-state index in [1.165, 1.54) is 12.4 Å². The van der Waals surface area contributed by atoms with E-state index in [4.69, 9.17) is 21.3 Å². The van der Waals surface area contributed by atoms with E-state index in [1.54, 1.807) is 0 Å². The van der Waals surface area contributed by atoms with Gasteiger partial charge in [0, 0.05) is 0 Å². The molecule has 13 heavy (non-hydrogen) atoms. The molecule has 0 spiro atoms. The molecule has 0 saturated carbocycles. The van der Waals surface area contributed by atoms with Gasteiger partial charge in [-0.05, 0) is 0 Å². The number of nitrogens with zero attached hydrogens (tertiary/aromatic N) is 4. The second kappa shape index (κ2) is 13.2. The Balaban J connectivity index is -0.000000143. The molecule has 9 heteroatoms. The second-order valence-corrected chi connectivity index (χ2v) is 1.03. The van der Waals surface area contributed by atoms with Crippen molar-refractivity contribution in [2.45, 2.75) is 0 Å². The van der Waals surface area contributed by atoms with Crippen LogP contribution in [0.2, 0.25) is 0 Å². The van der Waals surface area contributed by atoms with Crippen LogP contribution in [-0.2, 0) is 36.9 Å². The SMILES string of the molecule is [Cd+2].[N-]=[N+]=[C-]C(=O)O.[N-]=[N+]=[C-]C(=O)O. The van der Waals surface area contributed by atoms with Gasteiger partial charge in [0.05, 0.1) is 12.4 Å². The summed E-state index contributed by atoms with van der Waals surface area (Å²) >= 11 is 0. The van der Waals surface area contributed by atoms with Gasteiger partial charge in [0.15, 0.2) is 0 Å². The van der Waals surface area contributed by atoms with E-state index in [-0.39, 0.29) is 27.3 Å². The minimum absolute atomic E-state index is 0. The van der Waals surface area contributed by atoms with Gasteiger partial charge in [0.2, 0.25) is 11.9 Å². The first-order valence-electron chi connectivity index (χ1n) is 2.20. The average Bonchev–Trinajstić information content (AvgIpc) is 1.87. The Bertz CT molecular complexity index is 237. The van der Waals surface area contributed by atoms with Crippen LogP contribution in [0.1, 0.15) is 0 Å². The molecule has 2 N–H and O–H groups in total. The van der Waals surface area contributed by atoms with Crippen LogP contribution in [0.15, 0.2) is 0 Å². The molecule has 0 radical (unpaired) electrons. The summed E-state index contributed by atoms with van der Waals surface area (Å²) in [5.74, 6) is -2.75. The molecule has 0 aliphatic rings. The van der Waals surface area contributed by atoms with Crippen LogP contribution >= 0.6 is 0 Å². The van der Waals surface area contributed by atoms with Crippen LogP contribution in [0, 0.1) is 0 Å². The molecule has 0 fully saturated rings. The zero-order valence-corrected chi connectivity index (χ0v) is 10.2. The van der Waals surface area contributed by atoms with Crippen LogP contribution in [0.4, 0.5) is 0 Å². The Morgan fingerprint density at radius 3 is 1.23 bits per heavy atom. The predicted molar refractivity (Wildman–Crippen MR) is 32.5 cm³/mol. The molecule has 0 aliphatic carbocycles. The van der Waals surface area contributed by atoms with Crippen molar-refractivity contribution >= 4 is 24.4 Å².